The molecule has 18 heavy (non-hydrogen) atoms. The molecule has 0 amide bonds. The van der Waals surface area contributed by atoms with E-state index in [1.807, 2.05) is 37.1 Å². The molecule has 0 aliphatic heterocycles. The van der Waals surface area contributed by atoms with E-state index >= 15 is 0 Å². The van der Waals surface area contributed by atoms with Crippen molar-refractivity contribution in [2.24, 2.45) is 5.73 Å². The first-order valence-electron chi connectivity index (χ1n) is 6.12. The summed E-state index contributed by atoms with van der Waals surface area (Å²) in [5.41, 5.74) is 7.22. The van der Waals surface area contributed by atoms with E-state index in [9.17, 15) is 5.11 Å². The van der Waals surface area contributed by atoms with Gasteiger partial charge in [-0.3, -0.25) is 0 Å². The van der Waals surface area contributed by atoms with E-state index in [2.05, 4.69) is 0 Å². The highest BCUT2D eigenvalue weighted by atomic mass is 16.5. The molecular formula is C14H24N2O2. The van der Waals surface area contributed by atoms with Crippen LogP contribution in [-0.2, 0) is 0 Å². The highest BCUT2D eigenvalue weighted by Crippen LogP contribution is 2.33. The fraction of sp³-hybridized carbons (Fsp3) is 0.571. The average molecular weight is 252 g/mol. The Bertz CT molecular complexity index is 397. The van der Waals surface area contributed by atoms with Crippen LogP contribution in [0.5, 0.6) is 5.75 Å². The second-order valence-corrected chi connectivity index (χ2v) is 5.35. The van der Waals surface area contributed by atoms with E-state index in [4.69, 9.17) is 10.5 Å². The van der Waals surface area contributed by atoms with Gasteiger partial charge in [0, 0.05) is 30.9 Å². The predicted octanol–water partition coefficient (Wildman–Crippen LogP) is 1.92. The molecule has 0 aliphatic rings. The van der Waals surface area contributed by atoms with Crippen molar-refractivity contribution < 1.29 is 9.84 Å². The lowest BCUT2D eigenvalue weighted by Crippen LogP contribution is -2.37. The molecule has 1 rings (SSSR count). The topological polar surface area (TPSA) is 58.7 Å². The van der Waals surface area contributed by atoms with Gasteiger partial charge in [0.15, 0.2) is 0 Å². The molecular weight excluding hydrogens is 228 g/mol. The Labute approximate surface area is 109 Å². The molecule has 0 saturated heterocycles. The highest BCUT2D eigenvalue weighted by molar-refractivity contribution is 5.60. The minimum absolute atomic E-state index is 0.125. The minimum Gasteiger partial charge on any atom is -0.496 e. The predicted molar refractivity (Wildman–Crippen MR) is 75.2 cm³/mol. The van der Waals surface area contributed by atoms with Gasteiger partial charge in [-0.15, -0.1) is 0 Å². The third-order valence-electron chi connectivity index (χ3n) is 2.75. The van der Waals surface area contributed by atoms with Gasteiger partial charge in [-0.25, -0.2) is 0 Å². The van der Waals surface area contributed by atoms with Crippen LogP contribution < -0.4 is 15.4 Å². The van der Waals surface area contributed by atoms with E-state index in [1.54, 1.807) is 21.0 Å². The van der Waals surface area contributed by atoms with Crippen molar-refractivity contribution in [3.63, 3.8) is 0 Å². The summed E-state index contributed by atoms with van der Waals surface area (Å²) in [5.74, 6) is 0.782. The average Bonchev–Trinajstić information content (AvgIpc) is 2.25. The maximum absolute atomic E-state index is 9.90. The van der Waals surface area contributed by atoms with Crippen LogP contribution in [0, 0.1) is 0 Å². The van der Waals surface area contributed by atoms with Crippen LogP contribution in [0.15, 0.2) is 18.2 Å². The summed E-state index contributed by atoms with van der Waals surface area (Å²) in [6, 6.07) is 5.70. The minimum atomic E-state index is -0.757. The number of rotatable bonds is 5. The molecule has 1 unspecified atom stereocenters. The Morgan fingerprint density at radius 3 is 2.50 bits per heavy atom. The van der Waals surface area contributed by atoms with Crippen LogP contribution in [0.25, 0.3) is 0 Å². The summed E-state index contributed by atoms with van der Waals surface area (Å²) < 4.78 is 5.36. The maximum Gasteiger partial charge on any atom is 0.125 e. The second kappa shape index (κ2) is 5.59. The van der Waals surface area contributed by atoms with E-state index in [0.717, 1.165) is 17.0 Å². The van der Waals surface area contributed by atoms with Gasteiger partial charge in [0.1, 0.15) is 5.75 Å². The molecule has 0 heterocycles. The fourth-order valence-corrected chi connectivity index (χ4v) is 2.17. The number of nitrogens with two attached hydrogens (primary N) is 1. The van der Waals surface area contributed by atoms with Crippen LogP contribution in [0.1, 0.15) is 32.4 Å². The summed E-state index contributed by atoms with van der Waals surface area (Å²) in [6.45, 7) is 6.03. The molecule has 0 saturated carbocycles. The summed E-state index contributed by atoms with van der Waals surface area (Å²) in [6.07, 6.45) is 0. The molecule has 1 aromatic rings. The molecule has 102 valence electrons. The number of nitrogens with zero attached hydrogens (tertiary/aromatic N) is 1. The first kappa shape index (κ1) is 14.8. The Morgan fingerprint density at radius 1 is 1.44 bits per heavy atom. The molecule has 0 radical (unpaired) electrons. The summed E-state index contributed by atoms with van der Waals surface area (Å²) in [4.78, 5) is 2.00. The lowest BCUT2D eigenvalue weighted by atomic mass is 10.0. The van der Waals surface area contributed by atoms with E-state index in [-0.39, 0.29) is 6.04 Å². The summed E-state index contributed by atoms with van der Waals surface area (Å²) in [7, 11) is 3.58. The maximum atomic E-state index is 9.90. The van der Waals surface area contributed by atoms with Gasteiger partial charge in [-0.05, 0) is 32.9 Å². The number of hydrogen-bond acceptors (Lipinski definition) is 4. The first-order valence-corrected chi connectivity index (χ1v) is 6.12. The SMILES string of the molecule is COc1cccc(N(C)CC(C)(C)O)c1C(C)N. The summed E-state index contributed by atoms with van der Waals surface area (Å²) in [5, 5.41) is 9.90. The smallest absolute Gasteiger partial charge is 0.125 e. The molecule has 1 atom stereocenters. The van der Waals surface area contributed by atoms with Crippen molar-refractivity contribution in [1.29, 1.82) is 0 Å². The van der Waals surface area contributed by atoms with Crippen molar-refractivity contribution in [2.75, 3.05) is 25.6 Å². The van der Waals surface area contributed by atoms with Crippen molar-refractivity contribution in [1.82, 2.24) is 0 Å². The Kier molecular flexibility index (Phi) is 4.59. The van der Waals surface area contributed by atoms with Gasteiger partial charge >= 0.3 is 0 Å². The standard InChI is InChI=1S/C14H24N2O2/c1-10(15)13-11(7-6-8-12(13)18-5)16(4)9-14(2,3)17/h6-8,10,17H,9,15H2,1-5H3. The zero-order valence-electron chi connectivity index (χ0n) is 11.9. The molecule has 1 aromatic carbocycles. The van der Waals surface area contributed by atoms with Crippen molar-refractivity contribution in [2.45, 2.75) is 32.4 Å². The first-order chi connectivity index (χ1) is 8.26. The number of hydrogen-bond donors (Lipinski definition) is 2. The number of aliphatic hydroxyl groups is 1. The van der Waals surface area contributed by atoms with Crippen LogP contribution >= 0.6 is 0 Å². The quantitative estimate of drug-likeness (QED) is 0.840. The van der Waals surface area contributed by atoms with Crippen molar-refractivity contribution >= 4 is 5.69 Å². The molecule has 4 nitrogen and oxygen atoms in total. The van der Waals surface area contributed by atoms with E-state index < -0.39 is 5.60 Å². The largest absolute Gasteiger partial charge is 0.496 e. The molecule has 0 aliphatic carbocycles. The monoisotopic (exact) mass is 252 g/mol. The third-order valence-corrected chi connectivity index (χ3v) is 2.75. The van der Waals surface area contributed by atoms with E-state index in [1.165, 1.54) is 0 Å². The van der Waals surface area contributed by atoms with Crippen LogP contribution in [0.4, 0.5) is 5.69 Å². The zero-order valence-corrected chi connectivity index (χ0v) is 11.9. The van der Waals surface area contributed by atoms with Gasteiger partial charge in [0.05, 0.1) is 12.7 Å². The Morgan fingerprint density at radius 2 is 2.06 bits per heavy atom. The van der Waals surface area contributed by atoms with Gasteiger partial charge in [0.2, 0.25) is 0 Å². The zero-order chi connectivity index (χ0) is 13.9. The second-order valence-electron chi connectivity index (χ2n) is 5.35. The molecule has 0 aromatic heterocycles. The molecule has 4 heteroatoms. The number of anilines is 1. The van der Waals surface area contributed by atoms with Crippen LogP contribution in [0.3, 0.4) is 0 Å². The van der Waals surface area contributed by atoms with Crippen molar-refractivity contribution in [3.8, 4) is 5.75 Å². The van der Waals surface area contributed by atoms with Crippen molar-refractivity contribution in [3.05, 3.63) is 23.8 Å². The van der Waals surface area contributed by atoms with E-state index in [0.29, 0.717) is 6.54 Å². The summed E-state index contributed by atoms with van der Waals surface area (Å²) >= 11 is 0. The fourth-order valence-electron chi connectivity index (χ4n) is 2.17. The number of methoxy groups -OCH3 is 1. The Hall–Kier alpha value is -1.26. The molecule has 3 N–H and O–H groups in total. The number of benzene rings is 1. The molecule has 0 fully saturated rings. The van der Waals surface area contributed by atoms with Gasteiger partial charge in [-0.1, -0.05) is 6.07 Å². The third kappa shape index (κ3) is 3.62. The van der Waals surface area contributed by atoms with Crippen LogP contribution in [0.2, 0.25) is 0 Å². The lowest BCUT2D eigenvalue weighted by molar-refractivity contribution is 0.0885. The highest BCUT2D eigenvalue weighted by Gasteiger charge is 2.20. The Balaban J connectivity index is 3.15. The van der Waals surface area contributed by atoms with Gasteiger partial charge in [-0.2, -0.15) is 0 Å². The molecule has 0 bridgehead atoms. The lowest BCUT2D eigenvalue weighted by Gasteiger charge is -2.30. The number of likely N-dealkylation sites (N-methyl/N-ethyl adjacent to an activating group) is 1. The van der Waals surface area contributed by atoms with Gasteiger partial charge < -0.3 is 20.5 Å². The molecule has 0 spiro atoms. The normalized spacial score (nSPS) is 13.3. The number of ether oxygens (including phenoxy) is 1. The van der Waals surface area contributed by atoms with Crippen LogP contribution in [-0.4, -0.2) is 31.4 Å². The van der Waals surface area contributed by atoms with Gasteiger partial charge in [0.25, 0.3) is 0 Å².